The first kappa shape index (κ1) is 13.4. The molecule has 2 aromatic carbocycles. The molecular formula is C17H19NO. The first-order valence-corrected chi connectivity index (χ1v) is 6.44. The summed E-state index contributed by atoms with van der Waals surface area (Å²) in [7, 11) is 0. The number of hydrogen-bond donors (Lipinski definition) is 1. The zero-order valence-electron chi connectivity index (χ0n) is 11.2. The second-order valence-corrected chi connectivity index (χ2v) is 4.39. The first-order valence-electron chi connectivity index (χ1n) is 6.44. The maximum Gasteiger partial charge on any atom is 0.127 e. The molecule has 2 heteroatoms. The van der Waals surface area contributed by atoms with Crippen molar-refractivity contribution in [1.29, 1.82) is 0 Å². The number of para-hydroxylation sites is 1. The van der Waals surface area contributed by atoms with Gasteiger partial charge in [0.25, 0.3) is 0 Å². The van der Waals surface area contributed by atoms with Crippen molar-refractivity contribution in [2.45, 2.75) is 13.5 Å². The van der Waals surface area contributed by atoms with Crippen molar-refractivity contribution in [3.63, 3.8) is 0 Å². The third-order valence-electron chi connectivity index (χ3n) is 2.95. The fourth-order valence-electron chi connectivity index (χ4n) is 1.96. The molecule has 0 aliphatic carbocycles. The summed E-state index contributed by atoms with van der Waals surface area (Å²) in [5.41, 5.74) is 9.06. The Balaban J connectivity index is 1.98. The highest BCUT2D eigenvalue weighted by Crippen LogP contribution is 2.22. The largest absolute Gasteiger partial charge is 0.489 e. The number of aryl methyl sites for hydroxylation is 1. The zero-order valence-corrected chi connectivity index (χ0v) is 11.2. The third kappa shape index (κ3) is 3.70. The van der Waals surface area contributed by atoms with Gasteiger partial charge in [0, 0.05) is 12.1 Å². The van der Waals surface area contributed by atoms with Gasteiger partial charge in [-0.15, -0.1) is 0 Å². The van der Waals surface area contributed by atoms with Crippen LogP contribution in [0.4, 0.5) is 0 Å². The van der Waals surface area contributed by atoms with E-state index < -0.39 is 0 Å². The van der Waals surface area contributed by atoms with Crippen molar-refractivity contribution >= 4 is 6.08 Å². The molecule has 0 saturated heterocycles. The fraction of sp³-hybridized carbons (Fsp3) is 0.176. The van der Waals surface area contributed by atoms with Crippen molar-refractivity contribution in [2.24, 2.45) is 5.73 Å². The van der Waals surface area contributed by atoms with E-state index in [1.54, 1.807) is 0 Å². The molecule has 2 rings (SSSR count). The van der Waals surface area contributed by atoms with E-state index in [9.17, 15) is 0 Å². The summed E-state index contributed by atoms with van der Waals surface area (Å²) >= 11 is 0. The Hall–Kier alpha value is -2.06. The molecule has 0 bridgehead atoms. The van der Waals surface area contributed by atoms with Crippen LogP contribution in [0.2, 0.25) is 0 Å². The van der Waals surface area contributed by atoms with E-state index >= 15 is 0 Å². The molecule has 2 aromatic rings. The molecule has 0 heterocycles. The van der Waals surface area contributed by atoms with E-state index in [4.69, 9.17) is 10.5 Å². The lowest BCUT2D eigenvalue weighted by Crippen LogP contribution is -2.03. The molecule has 19 heavy (non-hydrogen) atoms. The van der Waals surface area contributed by atoms with Gasteiger partial charge >= 0.3 is 0 Å². The van der Waals surface area contributed by atoms with Gasteiger partial charge in [-0.1, -0.05) is 54.6 Å². The van der Waals surface area contributed by atoms with E-state index in [1.807, 2.05) is 49.4 Å². The van der Waals surface area contributed by atoms with Crippen molar-refractivity contribution in [2.75, 3.05) is 6.61 Å². The Morgan fingerprint density at radius 1 is 1.05 bits per heavy atom. The predicted molar refractivity (Wildman–Crippen MR) is 80.0 cm³/mol. The summed E-state index contributed by atoms with van der Waals surface area (Å²) < 4.78 is 5.81. The lowest BCUT2D eigenvalue weighted by atomic mass is 10.1. The highest BCUT2D eigenvalue weighted by atomic mass is 16.5. The zero-order chi connectivity index (χ0) is 13.5. The van der Waals surface area contributed by atoms with Gasteiger partial charge in [0.1, 0.15) is 12.4 Å². The van der Waals surface area contributed by atoms with Crippen LogP contribution < -0.4 is 10.5 Å². The molecule has 98 valence electrons. The molecule has 0 aliphatic heterocycles. The van der Waals surface area contributed by atoms with Gasteiger partial charge < -0.3 is 10.5 Å². The Bertz CT molecular complexity index is 546. The summed E-state index contributed by atoms with van der Waals surface area (Å²) in [5.74, 6) is 0.905. The smallest absolute Gasteiger partial charge is 0.127 e. The maximum atomic E-state index is 5.81. The van der Waals surface area contributed by atoms with Gasteiger partial charge in [-0.25, -0.2) is 0 Å². The van der Waals surface area contributed by atoms with Gasteiger partial charge in [0.2, 0.25) is 0 Å². The lowest BCUT2D eigenvalue weighted by Gasteiger charge is -2.11. The van der Waals surface area contributed by atoms with Crippen LogP contribution in [-0.4, -0.2) is 6.61 Å². The summed E-state index contributed by atoms with van der Waals surface area (Å²) in [5, 5.41) is 0. The molecule has 0 fully saturated rings. The second kappa shape index (κ2) is 6.76. The summed E-state index contributed by atoms with van der Waals surface area (Å²) in [4.78, 5) is 0. The van der Waals surface area contributed by atoms with Crippen molar-refractivity contribution < 1.29 is 4.74 Å². The quantitative estimate of drug-likeness (QED) is 0.884. The normalized spacial score (nSPS) is 10.8. The van der Waals surface area contributed by atoms with Crippen LogP contribution in [0.1, 0.15) is 16.7 Å². The predicted octanol–water partition coefficient (Wildman–Crippen LogP) is 3.55. The molecule has 0 spiro atoms. The maximum absolute atomic E-state index is 5.81. The number of benzene rings is 2. The van der Waals surface area contributed by atoms with Crippen LogP contribution in [0.3, 0.4) is 0 Å². The highest BCUT2D eigenvalue weighted by molar-refractivity contribution is 5.49. The van der Waals surface area contributed by atoms with Crippen LogP contribution in [0.15, 0.2) is 54.6 Å². The molecule has 0 saturated carbocycles. The molecule has 0 aliphatic rings. The minimum Gasteiger partial charge on any atom is -0.489 e. The van der Waals surface area contributed by atoms with E-state index in [0.29, 0.717) is 13.2 Å². The van der Waals surface area contributed by atoms with E-state index in [-0.39, 0.29) is 0 Å². The molecule has 0 radical (unpaired) electrons. The minimum absolute atomic E-state index is 0.499. The summed E-state index contributed by atoms with van der Waals surface area (Å²) in [6.45, 7) is 3.08. The summed E-state index contributed by atoms with van der Waals surface area (Å²) in [6.07, 6.45) is 4.07. The van der Waals surface area contributed by atoms with E-state index in [1.165, 1.54) is 5.56 Å². The van der Waals surface area contributed by atoms with Gasteiger partial charge in [-0.05, 0) is 24.1 Å². The first-order chi connectivity index (χ1) is 9.31. The van der Waals surface area contributed by atoms with Gasteiger partial charge in [-0.3, -0.25) is 0 Å². The number of nitrogens with two attached hydrogens (primary N) is 1. The second-order valence-electron chi connectivity index (χ2n) is 4.39. The standard InChI is InChI=1S/C17H19NO/c1-14-7-5-11-16(13-18)17(14)19-12-6-10-15-8-3-2-4-9-15/h2-11H,12-13,18H2,1H3/b10-6+. The Labute approximate surface area is 114 Å². The fourth-order valence-corrected chi connectivity index (χ4v) is 1.96. The monoisotopic (exact) mass is 253 g/mol. The van der Waals surface area contributed by atoms with Crippen LogP contribution in [0, 0.1) is 6.92 Å². The van der Waals surface area contributed by atoms with Crippen LogP contribution in [0.5, 0.6) is 5.75 Å². The SMILES string of the molecule is Cc1cccc(CN)c1OC/C=C/c1ccccc1. The van der Waals surface area contributed by atoms with Crippen molar-refractivity contribution in [3.05, 3.63) is 71.3 Å². The van der Waals surface area contributed by atoms with Crippen molar-refractivity contribution in [1.82, 2.24) is 0 Å². The Morgan fingerprint density at radius 3 is 2.58 bits per heavy atom. The molecule has 0 aromatic heterocycles. The van der Waals surface area contributed by atoms with Gasteiger partial charge in [0.15, 0.2) is 0 Å². The Morgan fingerprint density at radius 2 is 1.84 bits per heavy atom. The molecule has 0 atom stereocenters. The van der Waals surface area contributed by atoms with Gasteiger partial charge in [0.05, 0.1) is 0 Å². The number of hydrogen-bond acceptors (Lipinski definition) is 2. The Kier molecular flexibility index (Phi) is 4.76. The minimum atomic E-state index is 0.499. The van der Waals surface area contributed by atoms with E-state index in [0.717, 1.165) is 16.9 Å². The van der Waals surface area contributed by atoms with Crippen molar-refractivity contribution in [3.8, 4) is 5.75 Å². The number of rotatable bonds is 5. The van der Waals surface area contributed by atoms with Crippen LogP contribution in [-0.2, 0) is 6.54 Å². The van der Waals surface area contributed by atoms with Gasteiger partial charge in [-0.2, -0.15) is 0 Å². The molecule has 0 amide bonds. The average Bonchev–Trinajstić information content (AvgIpc) is 2.46. The highest BCUT2D eigenvalue weighted by Gasteiger charge is 2.04. The molecule has 2 N–H and O–H groups in total. The third-order valence-corrected chi connectivity index (χ3v) is 2.95. The topological polar surface area (TPSA) is 35.2 Å². The average molecular weight is 253 g/mol. The number of ether oxygens (including phenoxy) is 1. The van der Waals surface area contributed by atoms with E-state index in [2.05, 4.69) is 18.2 Å². The van der Waals surface area contributed by atoms with Crippen LogP contribution >= 0.6 is 0 Å². The molecule has 0 unspecified atom stereocenters. The molecular weight excluding hydrogens is 234 g/mol. The van der Waals surface area contributed by atoms with Crippen LogP contribution in [0.25, 0.3) is 6.08 Å². The summed E-state index contributed by atoms with van der Waals surface area (Å²) in [6, 6.07) is 16.2. The lowest BCUT2D eigenvalue weighted by molar-refractivity contribution is 0.357. The molecule has 2 nitrogen and oxygen atoms in total.